The summed E-state index contributed by atoms with van der Waals surface area (Å²) in [5.41, 5.74) is 3.75. The monoisotopic (exact) mass is 450 g/mol. The van der Waals surface area contributed by atoms with Gasteiger partial charge in [0.2, 0.25) is 0 Å². The predicted molar refractivity (Wildman–Crippen MR) is 126 cm³/mol. The van der Waals surface area contributed by atoms with Gasteiger partial charge in [0.15, 0.2) is 15.5 Å². The minimum atomic E-state index is 0. The Bertz CT molecular complexity index is 957. The van der Waals surface area contributed by atoms with Crippen LogP contribution in [0.4, 0.5) is 0 Å². The molecule has 1 unspecified atom stereocenters. The zero-order valence-electron chi connectivity index (χ0n) is 16.9. The zero-order valence-corrected chi connectivity index (χ0v) is 19.3. The smallest absolute Gasteiger partial charge is 0.160 e. The minimum absolute atomic E-state index is 0. The Balaban J connectivity index is 0.00000300. The number of nitrogens with one attached hydrogen (secondary N) is 1. The number of nitrogens with zero attached hydrogens (tertiary/aromatic N) is 1. The number of halogens is 1. The number of rotatable bonds is 9. The maximum Gasteiger partial charge on any atom is 0.160 e. The molecule has 1 N–H and O–H groups in total. The van der Waals surface area contributed by atoms with Gasteiger partial charge in [0.25, 0.3) is 0 Å². The number of benzene rings is 2. The molecule has 3 aromatic rings. The van der Waals surface area contributed by atoms with Crippen LogP contribution < -0.4 is 14.8 Å². The molecule has 0 fully saturated rings. The summed E-state index contributed by atoms with van der Waals surface area (Å²) < 4.78 is 13.7. The highest BCUT2D eigenvalue weighted by Crippen LogP contribution is 2.28. The van der Waals surface area contributed by atoms with Crippen molar-refractivity contribution in [2.75, 3.05) is 20.8 Å². The molecule has 0 bridgehead atoms. The second-order valence-corrected chi connectivity index (χ2v) is 8.12. The number of hydrogen-bond donors (Lipinski definition) is 1. The molecule has 29 heavy (non-hydrogen) atoms. The molecule has 0 radical (unpaired) electrons. The molecule has 7 heteroatoms. The van der Waals surface area contributed by atoms with Crippen molar-refractivity contribution >= 4 is 36.0 Å². The van der Waals surface area contributed by atoms with Crippen LogP contribution in [0.1, 0.15) is 22.9 Å². The van der Waals surface area contributed by atoms with E-state index in [4.69, 9.17) is 21.7 Å². The summed E-state index contributed by atoms with van der Waals surface area (Å²) >= 11 is 7.00. The Kier molecular flexibility index (Phi) is 9.17. The minimum Gasteiger partial charge on any atom is -0.493 e. The Hall–Kier alpha value is -1.86. The lowest BCUT2D eigenvalue weighted by Crippen LogP contribution is -2.26. The van der Waals surface area contributed by atoms with Gasteiger partial charge in [-0.25, -0.2) is 0 Å². The summed E-state index contributed by atoms with van der Waals surface area (Å²) in [5, 5.41) is 5.88. The van der Waals surface area contributed by atoms with E-state index < -0.39 is 0 Å². The van der Waals surface area contributed by atoms with Crippen LogP contribution in [0, 0.1) is 3.95 Å². The fraction of sp³-hybridized carbons (Fsp3) is 0.318. The van der Waals surface area contributed by atoms with Crippen molar-refractivity contribution in [3.63, 3.8) is 0 Å². The van der Waals surface area contributed by atoms with Crippen molar-refractivity contribution in [2.24, 2.45) is 7.05 Å². The second kappa shape index (κ2) is 11.4. The molecule has 2 aromatic carbocycles. The summed E-state index contributed by atoms with van der Waals surface area (Å²) in [6, 6.07) is 16.9. The van der Waals surface area contributed by atoms with Crippen molar-refractivity contribution in [3.8, 4) is 11.5 Å². The fourth-order valence-corrected chi connectivity index (χ4v) is 4.24. The summed E-state index contributed by atoms with van der Waals surface area (Å²) in [6.07, 6.45) is 1.81. The Morgan fingerprint density at radius 2 is 1.79 bits per heavy atom. The van der Waals surface area contributed by atoms with Gasteiger partial charge in [0, 0.05) is 30.6 Å². The van der Waals surface area contributed by atoms with E-state index in [-0.39, 0.29) is 18.4 Å². The molecular formula is C22H27ClN2O2S2. The molecule has 0 aliphatic carbocycles. The Labute approximate surface area is 187 Å². The van der Waals surface area contributed by atoms with Gasteiger partial charge < -0.3 is 19.4 Å². The number of hydrogen-bond acceptors (Lipinski definition) is 5. The van der Waals surface area contributed by atoms with Crippen LogP contribution in [-0.2, 0) is 19.9 Å². The van der Waals surface area contributed by atoms with E-state index in [1.165, 1.54) is 16.8 Å². The summed E-state index contributed by atoms with van der Waals surface area (Å²) in [4.78, 5) is 0. The molecule has 0 saturated carbocycles. The van der Waals surface area contributed by atoms with E-state index in [1.807, 2.05) is 19.2 Å². The van der Waals surface area contributed by atoms with Crippen molar-refractivity contribution in [2.45, 2.75) is 18.9 Å². The van der Waals surface area contributed by atoms with Gasteiger partial charge in [0.1, 0.15) is 0 Å². The van der Waals surface area contributed by atoms with Crippen LogP contribution in [0.2, 0.25) is 0 Å². The first-order valence-corrected chi connectivity index (χ1v) is 10.5. The van der Waals surface area contributed by atoms with Crippen molar-refractivity contribution in [1.29, 1.82) is 0 Å². The number of ether oxygens (including phenoxy) is 2. The average molecular weight is 451 g/mol. The highest BCUT2D eigenvalue weighted by atomic mass is 35.5. The molecule has 156 valence electrons. The molecule has 0 aliphatic heterocycles. The summed E-state index contributed by atoms with van der Waals surface area (Å²) in [6.45, 7) is 0.865. The summed E-state index contributed by atoms with van der Waals surface area (Å²) in [7, 11) is 5.36. The topological polar surface area (TPSA) is 35.4 Å². The van der Waals surface area contributed by atoms with Crippen molar-refractivity contribution in [3.05, 3.63) is 74.7 Å². The standard InChI is InChI=1S/C22H26N2O2S2.ClH/c1-24-18(15-28-22(24)27)14-19(17-7-5-4-6-8-17)23-12-11-16-9-10-20(25-2)21(13-16)26-3;/h4-10,13,15,19,23H,11-12,14H2,1-3H3;1H. The van der Waals surface area contributed by atoms with Gasteiger partial charge in [-0.05, 0) is 48.4 Å². The van der Waals surface area contributed by atoms with E-state index in [2.05, 4.69) is 51.7 Å². The molecule has 3 rings (SSSR count). The quantitative estimate of drug-likeness (QED) is 0.444. The largest absolute Gasteiger partial charge is 0.493 e. The van der Waals surface area contributed by atoms with Crippen LogP contribution in [0.5, 0.6) is 11.5 Å². The van der Waals surface area contributed by atoms with Gasteiger partial charge in [-0.15, -0.1) is 23.7 Å². The number of aromatic nitrogens is 1. The van der Waals surface area contributed by atoms with Crippen LogP contribution in [0.25, 0.3) is 0 Å². The molecule has 0 amide bonds. The molecule has 0 saturated heterocycles. The van der Waals surface area contributed by atoms with E-state index in [0.29, 0.717) is 0 Å². The van der Waals surface area contributed by atoms with Crippen molar-refractivity contribution in [1.82, 2.24) is 9.88 Å². The highest BCUT2D eigenvalue weighted by molar-refractivity contribution is 7.73. The van der Waals surface area contributed by atoms with Gasteiger partial charge in [0.05, 0.1) is 14.2 Å². The lowest BCUT2D eigenvalue weighted by Gasteiger charge is -2.20. The highest BCUT2D eigenvalue weighted by Gasteiger charge is 2.14. The van der Waals surface area contributed by atoms with Crippen molar-refractivity contribution < 1.29 is 9.47 Å². The molecule has 0 spiro atoms. The molecular weight excluding hydrogens is 424 g/mol. The first-order chi connectivity index (χ1) is 13.6. The fourth-order valence-electron chi connectivity index (χ4n) is 3.21. The van der Waals surface area contributed by atoms with Gasteiger partial charge in [-0.1, -0.05) is 36.4 Å². The first kappa shape index (κ1) is 23.4. The molecule has 1 heterocycles. The molecule has 1 aromatic heterocycles. The molecule has 0 aliphatic rings. The maximum absolute atomic E-state index is 5.41. The maximum atomic E-state index is 5.41. The normalized spacial score (nSPS) is 11.6. The number of methoxy groups -OCH3 is 2. The third-order valence-electron chi connectivity index (χ3n) is 4.87. The SMILES string of the molecule is COc1ccc(CCNC(Cc2csc(=S)n2C)c2ccccc2)cc1OC.Cl. The van der Waals surface area contributed by atoms with Gasteiger partial charge in [-0.2, -0.15) is 0 Å². The van der Waals surface area contributed by atoms with Crippen LogP contribution in [0.3, 0.4) is 0 Å². The van der Waals surface area contributed by atoms with E-state index in [9.17, 15) is 0 Å². The predicted octanol–water partition coefficient (Wildman–Crippen LogP) is 5.37. The molecule has 1 atom stereocenters. The third kappa shape index (κ3) is 6.06. The Morgan fingerprint density at radius 3 is 2.41 bits per heavy atom. The van der Waals surface area contributed by atoms with E-state index >= 15 is 0 Å². The van der Waals surface area contributed by atoms with Gasteiger partial charge in [-0.3, -0.25) is 0 Å². The van der Waals surface area contributed by atoms with Crippen LogP contribution in [-0.4, -0.2) is 25.3 Å². The average Bonchev–Trinajstić information content (AvgIpc) is 3.05. The molecule has 4 nitrogen and oxygen atoms in total. The second-order valence-electron chi connectivity index (χ2n) is 6.61. The van der Waals surface area contributed by atoms with Gasteiger partial charge >= 0.3 is 0 Å². The number of thiazole rings is 1. The first-order valence-electron chi connectivity index (χ1n) is 9.25. The van der Waals surface area contributed by atoms with Crippen LogP contribution >= 0.6 is 36.0 Å². The van der Waals surface area contributed by atoms with Crippen LogP contribution in [0.15, 0.2) is 53.9 Å². The lowest BCUT2D eigenvalue weighted by molar-refractivity contribution is 0.354. The zero-order chi connectivity index (χ0) is 19.9. The third-order valence-corrected chi connectivity index (χ3v) is 6.30. The van der Waals surface area contributed by atoms with E-state index in [1.54, 1.807) is 25.6 Å². The lowest BCUT2D eigenvalue weighted by atomic mass is 10.0. The summed E-state index contributed by atoms with van der Waals surface area (Å²) in [5.74, 6) is 1.52. The Morgan fingerprint density at radius 1 is 1.07 bits per heavy atom. The van der Waals surface area contributed by atoms with E-state index in [0.717, 1.165) is 34.8 Å².